The highest BCUT2D eigenvalue weighted by Crippen LogP contribution is 2.32. The van der Waals surface area contributed by atoms with Crippen LogP contribution in [0, 0.1) is 5.82 Å². The number of carbonyl (C=O) groups excluding carboxylic acids is 2. The number of hydrogen-bond acceptors (Lipinski definition) is 4. The Morgan fingerprint density at radius 1 is 0.933 bits per heavy atom. The fraction of sp³-hybridized carbons (Fsp3) is 0.0833. The summed E-state index contributed by atoms with van der Waals surface area (Å²) in [6.07, 6.45) is -0.885. The maximum atomic E-state index is 13.1. The molecular formula is C24H18FNO4. The third-order valence-corrected chi connectivity index (χ3v) is 4.58. The molecule has 1 atom stereocenters. The molecule has 4 aromatic rings. The van der Waals surface area contributed by atoms with E-state index in [-0.39, 0.29) is 11.5 Å². The van der Waals surface area contributed by atoms with Crippen LogP contribution < -0.4 is 10.1 Å². The Bertz CT molecular complexity index is 1200. The lowest BCUT2D eigenvalue weighted by Gasteiger charge is -2.15. The molecule has 1 N–H and O–H groups in total. The molecule has 1 amide bonds. The van der Waals surface area contributed by atoms with Crippen LogP contribution in [0.2, 0.25) is 0 Å². The van der Waals surface area contributed by atoms with E-state index in [2.05, 4.69) is 5.32 Å². The fourth-order valence-corrected chi connectivity index (χ4v) is 3.05. The molecule has 0 aliphatic heterocycles. The lowest BCUT2D eigenvalue weighted by molar-refractivity contribution is -0.122. The third kappa shape index (κ3) is 3.93. The van der Waals surface area contributed by atoms with Gasteiger partial charge < -0.3 is 14.5 Å². The summed E-state index contributed by atoms with van der Waals surface area (Å²) in [7, 11) is 0. The van der Waals surface area contributed by atoms with Gasteiger partial charge in [0.15, 0.2) is 11.9 Å². The number of anilines is 1. The molecule has 30 heavy (non-hydrogen) atoms. The molecule has 0 fully saturated rings. The van der Waals surface area contributed by atoms with E-state index < -0.39 is 17.8 Å². The van der Waals surface area contributed by atoms with E-state index in [1.807, 2.05) is 6.07 Å². The largest absolute Gasteiger partial charge is 0.481 e. The smallest absolute Gasteiger partial charge is 0.265 e. The maximum absolute atomic E-state index is 13.1. The van der Waals surface area contributed by atoms with E-state index in [1.54, 1.807) is 55.5 Å². The van der Waals surface area contributed by atoms with Crippen molar-refractivity contribution in [2.24, 2.45) is 0 Å². The zero-order chi connectivity index (χ0) is 21.1. The van der Waals surface area contributed by atoms with Crippen molar-refractivity contribution in [2.45, 2.75) is 13.0 Å². The molecule has 4 rings (SSSR count). The molecular weight excluding hydrogens is 385 g/mol. The first-order valence-electron chi connectivity index (χ1n) is 9.37. The van der Waals surface area contributed by atoms with Crippen LogP contribution in [0.1, 0.15) is 23.0 Å². The topological polar surface area (TPSA) is 68.5 Å². The second-order valence-electron chi connectivity index (χ2n) is 6.70. The van der Waals surface area contributed by atoms with Gasteiger partial charge in [-0.05, 0) is 43.3 Å². The van der Waals surface area contributed by atoms with Gasteiger partial charge >= 0.3 is 0 Å². The Balaban J connectivity index is 1.63. The number of para-hydroxylation sites is 1. The number of benzene rings is 3. The molecule has 150 valence electrons. The Hall–Kier alpha value is -3.93. The number of hydrogen-bond donors (Lipinski definition) is 1. The van der Waals surface area contributed by atoms with E-state index in [0.717, 1.165) is 0 Å². The van der Waals surface area contributed by atoms with E-state index in [0.29, 0.717) is 28.0 Å². The first kappa shape index (κ1) is 19.4. The predicted molar refractivity (Wildman–Crippen MR) is 111 cm³/mol. The molecule has 0 unspecified atom stereocenters. The summed E-state index contributed by atoms with van der Waals surface area (Å²) in [5.41, 5.74) is 1.22. The van der Waals surface area contributed by atoms with Crippen LogP contribution in [-0.4, -0.2) is 17.8 Å². The fourth-order valence-electron chi connectivity index (χ4n) is 3.05. The average molecular weight is 403 g/mol. The van der Waals surface area contributed by atoms with Gasteiger partial charge in [-0.3, -0.25) is 9.59 Å². The Labute approximate surface area is 172 Å². The summed E-state index contributed by atoms with van der Waals surface area (Å²) in [4.78, 5) is 25.8. The van der Waals surface area contributed by atoms with Gasteiger partial charge in [-0.25, -0.2) is 4.39 Å². The molecule has 0 radical (unpaired) electrons. The minimum Gasteiger partial charge on any atom is -0.481 e. The molecule has 0 aliphatic rings. The van der Waals surface area contributed by atoms with Gasteiger partial charge in [0.05, 0.1) is 5.69 Å². The minimum absolute atomic E-state index is 0.0460. The number of ketones is 1. The molecule has 0 saturated carbocycles. The van der Waals surface area contributed by atoms with Gasteiger partial charge in [0.25, 0.3) is 5.91 Å². The molecule has 6 heteroatoms. The van der Waals surface area contributed by atoms with Gasteiger partial charge in [-0.2, -0.15) is 0 Å². The molecule has 0 saturated heterocycles. The zero-order valence-electron chi connectivity index (χ0n) is 16.1. The third-order valence-electron chi connectivity index (χ3n) is 4.58. The summed E-state index contributed by atoms with van der Waals surface area (Å²) in [6, 6.07) is 21.1. The second-order valence-corrected chi connectivity index (χ2v) is 6.70. The summed E-state index contributed by atoms with van der Waals surface area (Å²) in [5.74, 6) is -0.794. The number of halogens is 1. The Morgan fingerprint density at radius 2 is 1.60 bits per heavy atom. The van der Waals surface area contributed by atoms with Crippen molar-refractivity contribution in [1.82, 2.24) is 0 Å². The molecule has 0 bridgehead atoms. The van der Waals surface area contributed by atoms with Crippen molar-refractivity contribution in [3.05, 3.63) is 96.0 Å². The molecule has 3 aromatic carbocycles. The van der Waals surface area contributed by atoms with Crippen LogP contribution >= 0.6 is 0 Å². The van der Waals surface area contributed by atoms with Gasteiger partial charge in [-0.15, -0.1) is 0 Å². The number of rotatable bonds is 6. The monoisotopic (exact) mass is 403 g/mol. The highest BCUT2D eigenvalue weighted by Gasteiger charge is 2.25. The standard InChI is InChI=1S/C24H18FNO4/c1-15(29-18-13-11-17(25)12-14-18)24(28)26-21-19-9-5-6-10-20(19)30-23(21)22(27)16-7-3-2-4-8-16/h2-15H,1H3,(H,26,28)/t15-/m0/s1. The molecule has 5 nitrogen and oxygen atoms in total. The summed E-state index contributed by atoms with van der Waals surface area (Å²) in [5, 5.41) is 3.37. The SMILES string of the molecule is C[C@H](Oc1ccc(F)cc1)C(=O)Nc1c(C(=O)c2ccccc2)oc2ccccc12. The van der Waals surface area contributed by atoms with Gasteiger partial charge in [0, 0.05) is 10.9 Å². The highest BCUT2D eigenvalue weighted by molar-refractivity contribution is 6.17. The van der Waals surface area contributed by atoms with Crippen LogP contribution in [0.4, 0.5) is 10.1 Å². The number of ether oxygens (including phenoxy) is 1. The van der Waals surface area contributed by atoms with Crippen LogP contribution in [0.5, 0.6) is 5.75 Å². The summed E-state index contributed by atoms with van der Waals surface area (Å²) in [6.45, 7) is 1.57. The normalized spacial score (nSPS) is 11.8. The predicted octanol–water partition coefficient (Wildman–Crippen LogP) is 5.21. The number of carbonyl (C=O) groups is 2. The summed E-state index contributed by atoms with van der Waals surface area (Å²) >= 11 is 0. The maximum Gasteiger partial charge on any atom is 0.265 e. The Kier molecular flexibility index (Phi) is 5.30. The van der Waals surface area contributed by atoms with E-state index in [9.17, 15) is 14.0 Å². The average Bonchev–Trinajstić information content (AvgIpc) is 3.13. The van der Waals surface area contributed by atoms with Crippen LogP contribution in [0.3, 0.4) is 0 Å². The van der Waals surface area contributed by atoms with Crippen molar-refractivity contribution in [3.63, 3.8) is 0 Å². The van der Waals surface area contributed by atoms with Crippen molar-refractivity contribution >= 4 is 28.3 Å². The van der Waals surface area contributed by atoms with Gasteiger partial charge in [-0.1, -0.05) is 42.5 Å². The first-order chi connectivity index (χ1) is 14.5. The quantitative estimate of drug-likeness (QED) is 0.449. The zero-order valence-corrected chi connectivity index (χ0v) is 16.1. The molecule has 1 aromatic heterocycles. The molecule has 1 heterocycles. The number of fused-ring (bicyclic) bond motifs is 1. The number of furan rings is 1. The van der Waals surface area contributed by atoms with Crippen molar-refractivity contribution in [3.8, 4) is 5.75 Å². The van der Waals surface area contributed by atoms with E-state index in [1.165, 1.54) is 24.3 Å². The lowest BCUT2D eigenvalue weighted by Crippen LogP contribution is -2.30. The molecule has 0 aliphatic carbocycles. The van der Waals surface area contributed by atoms with Crippen molar-refractivity contribution < 1.29 is 23.1 Å². The first-order valence-corrected chi connectivity index (χ1v) is 9.37. The number of amides is 1. The van der Waals surface area contributed by atoms with Gasteiger partial charge in [0.1, 0.15) is 17.1 Å². The van der Waals surface area contributed by atoms with E-state index in [4.69, 9.17) is 9.15 Å². The Morgan fingerprint density at radius 3 is 2.33 bits per heavy atom. The summed E-state index contributed by atoms with van der Waals surface area (Å²) < 4.78 is 24.4. The van der Waals surface area contributed by atoms with Gasteiger partial charge in [0.2, 0.25) is 5.78 Å². The van der Waals surface area contributed by atoms with E-state index >= 15 is 0 Å². The van der Waals surface area contributed by atoms with Crippen molar-refractivity contribution in [2.75, 3.05) is 5.32 Å². The minimum atomic E-state index is -0.885. The van der Waals surface area contributed by atoms with Crippen LogP contribution in [0.25, 0.3) is 11.0 Å². The number of nitrogens with one attached hydrogen (secondary N) is 1. The van der Waals surface area contributed by atoms with Crippen molar-refractivity contribution in [1.29, 1.82) is 0 Å². The highest BCUT2D eigenvalue weighted by atomic mass is 19.1. The molecule has 0 spiro atoms. The van der Waals surface area contributed by atoms with Crippen LogP contribution in [-0.2, 0) is 4.79 Å². The van der Waals surface area contributed by atoms with Crippen LogP contribution in [0.15, 0.2) is 83.3 Å². The second kappa shape index (κ2) is 8.21. The lowest BCUT2D eigenvalue weighted by atomic mass is 10.1.